The van der Waals surface area contributed by atoms with Gasteiger partial charge in [0.1, 0.15) is 18.2 Å². The highest BCUT2D eigenvalue weighted by molar-refractivity contribution is 5.83. The SMILES string of the molecule is C[C@H](NC(=O)NCC(F)(F)F)C(=O)OC(C)(C)C. The van der Waals surface area contributed by atoms with Crippen molar-refractivity contribution in [3.8, 4) is 0 Å². The van der Waals surface area contributed by atoms with Crippen LogP contribution in [-0.2, 0) is 9.53 Å². The summed E-state index contributed by atoms with van der Waals surface area (Å²) in [6.45, 7) is 4.78. The lowest BCUT2D eigenvalue weighted by Crippen LogP contribution is -2.48. The van der Waals surface area contributed by atoms with Crippen molar-refractivity contribution < 1.29 is 27.5 Å². The smallest absolute Gasteiger partial charge is 0.405 e. The van der Waals surface area contributed by atoms with E-state index in [9.17, 15) is 22.8 Å². The average Bonchev–Trinajstić information content (AvgIpc) is 2.10. The van der Waals surface area contributed by atoms with Gasteiger partial charge in [0.15, 0.2) is 0 Å². The molecule has 8 heteroatoms. The minimum Gasteiger partial charge on any atom is -0.458 e. The molecule has 2 N–H and O–H groups in total. The number of esters is 1. The monoisotopic (exact) mass is 270 g/mol. The van der Waals surface area contributed by atoms with Gasteiger partial charge in [-0.1, -0.05) is 0 Å². The molecule has 0 heterocycles. The standard InChI is InChI=1S/C10H17F3N2O3/c1-6(7(16)18-9(2,3)4)15-8(17)14-5-10(11,12)13/h6H,5H2,1-4H3,(H2,14,15,17)/t6-/m0/s1. The maximum absolute atomic E-state index is 11.8. The zero-order chi connectivity index (χ0) is 14.6. The number of alkyl halides is 3. The molecule has 0 aromatic heterocycles. The van der Waals surface area contributed by atoms with Gasteiger partial charge in [0.05, 0.1) is 0 Å². The van der Waals surface area contributed by atoms with Gasteiger partial charge in [-0.15, -0.1) is 0 Å². The topological polar surface area (TPSA) is 67.4 Å². The summed E-state index contributed by atoms with van der Waals surface area (Å²) in [5.41, 5.74) is -0.727. The van der Waals surface area contributed by atoms with Crippen molar-refractivity contribution in [2.75, 3.05) is 6.54 Å². The molecular formula is C10H17F3N2O3. The number of hydrogen-bond acceptors (Lipinski definition) is 3. The van der Waals surface area contributed by atoms with Crippen molar-refractivity contribution in [3.05, 3.63) is 0 Å². The first-order chi connectivity index (χ1) is 7.91. The second-order valence-electron chi connectivity index (χ2n) is 4.70. The summed E-state index contributed by atoms with van der Waals surface area (Å²) >= 11 is 0. The van der Waals surface area contributed by atoms with Crippen LogP contribution in [0.1, 0.15) is 27.7 Å². The lowest BCUT2D eigenvalue weighted by atomic mass is 10.2. The highest BCUT2D eigenvalue weighted by atomic mass is 19.4. The predicted molar refractivity (Wildman–Crippen MR) is 57.9 cm³/mol. The Morgan fingerprint density at radius 1 is 1.22 bits per heavy atom. The van der Waals surface area contributed by atoms with Crippen LogP contribution in [0, 0.1) is 0 Å². The zero-order valence-electron chi connectivity index (χ0n) is 10.6. The molecule has 5 nitrogen and oxygen atoms in total. The van der Waals surface area contributed by atoms with E-state index in [1.807, 2.05) is 0 Å². The van der Waals surface area contributed by atoms with Crippen molar-refractivity contribution in [1.29, 1.82) is 0 Å². The normalized spacial score (nSPS) is 13.7. The molecule has 0 aliphatic rings. The average molecular weight is 270 g/mol. The Morgan fingerprint density at radius 3 is 2.11 bits per heavy atom. The van der Waals surface area contributed by atoms with Crippen molar-refractivity contribution in [2.24, 2.45) is 0 Å². The minimum atomic E-state index is -4.49. The minimum absolute atomic E-state index is 0.718. The molecule has 0 bridgehead atoms. The van der Waals surface area contributed by atoms with E-state index in [0.717, 1.165) is 0 Å². The van der Waals surface area contributed by atoms with Crippen molar-refractivity contribution >= 4 is 12.0 Å². The van der Waals surface area contributed by atoms with Gasteiger partial charge in [-0.25, -0.2) is 9.59 Å². The van der Waals surface area contributed by atoms with E-state index in [0.29, 0.717) is 0 Å². The second-order valence-corrected chi connectivity index (χ2v) is 4.70. The summed E-state index contributed by atoms with van der Waals surface area (Å²) in [6.07, 6.45) is -4.49. The summed E-state index contributed by atoms with van der Waals surface area (Å²) in [7, 11) is 0. The van der Waals surface area contributed by atoms with Gasteiger partial charge in [-0.2, -0.15) is 13.2 Å². The third-order valence-electron chi connectivity index (χ3n) is 1.56. The zero-order valence-corrected chi connectivity index (χ0v) is 10.6. The summed E-state index contributed by atoms with van der Waals surface area (Å²) in [5, 5.41) is 3.64. The molecule has 18 heavy (non-hydrogen) atoms. The van der Waals surface area contributed by atoms with Crippen molar-refractivity contribution in [2.45, 2.75) is 45.5 Å². The number of carbonyl (C=O) groups is 2. The number of halogens is 3. The maximum atomic E-state index is 11.8. The molecule has 0 saturated carbocycles. The fourth-order valence-electron chi connectivity index (χ4n) is 0.877. The van der Waals surface area contributed by atoms with Crippen LogP contribution in [0.3, 0.4) is 0 Å². The molecule has 0 fully saturated rings. The number of hydrogen-bond donors (Lipinski definition) is 2. The number of rotatable bonds is 3. The first-order valence-electron chi connectivity index (χ1n) is 5.25. The summed E-state index contributed by atoms with van der Waals surface area (Å²) in [5.74, 6) is -0.718. The summed E-state index contributed by atoms with van der Waals surface area (Å²) < 4.78 is 40.3. The lowest BCUT2D eigenvalue weighted by Gasteiger charge is -2.22. The summed E-state index contributed by atoms with van der Waals surface area (Å²) in [4.78, 5) is 22.4. The van der Waals surface area contributed by atoms with E-state index in [-0.39, 0.29) is 0 Å². The largest absolute Gasteiger partial charge is 0.458 e. The van der Waals surface area contributed by atoms with Gasteiger partial charge < -0.3 is 15.4 Å². The van der Waals surface area contributed by atoms with Gasteiger partial charge >= 0.3 is 18.2 Å². The molecule has 2 amide bonds. The van der Waals surface area contributed by atoms with Crippen molar-refractivity contribution in [3.63, 3.8) is 0 Å². The molecule has 0 aliphatic carbocycles. The molecule has 106 valence electrons. The highest BCUT2D eigenvalue weighted by Gasteiger charge is 2.29. The third-order valence-corrected chi connectivity index (χ3v) is 1.56. The second kappa shape index (κ2) is 5.92. The van der Waals surface area contributed by atoms with Crippen molar-refractivity contribution in [1.82, 2.24) is 10.6 Å². The fourth-order valence-corrected chi connectivity index (χ4v) is 0.877. The van der Waals surface area contributed by atoms with E-state index >= 15 is 0 Å². The molecule has 0 aromatic rings. The molecule has 0 spiro atoms. The number of carbonyl (C=O) groups excluding carboxylic acids is 2. The molecule has 0 aromatic carbocycles. The molecule has 0 radical (unpaired) electrons. The highest BCUT2D eigenvalue weighted by Crippen LogP contribution is 2.12. The van der Waals surface area contributed by atoms with E-state index in [1.54, 1.807) is 26.1 Å². The number of nitrogens with one attached hydrogen (secondary N) is 2. The van der Waals surface area contributed by atoms with Crippen LogP contribution >= 0.6 is 0 Å². The van der Waals surface area contributed by atoms with Gasteiger partial charge in [0.2, 0.25) is 0 Å². The Kier molecular flexibility index (Phi) is 5.44. The van der Waals surface area contributed by atoms with Gasteiger partial charge in [0, 0.05) is 0 Å². The first kappa shape index (κ1) is 16.5. The van der Waals surface area contributed by atoms with Crippen LogP contribution in [0.15, 0.2) is 0 Å². The van der Waals surface area contributed by atoms with E-state index in [1.165, 1.54) is 6.92 Å². The van der Waals surface area contributed by atoms with Gasteiger partial charge in [0.25, 0.3) is 0 Å². The third kappa shape index (κ3) is 8.66. The van der Waals surface area contributed by atoms with Crippen LogP contribution in [0.2, 0.25) is 0 Å². The van der Waals surface area contributed by atoms with E-state index in [2.05, 4.69) is 5.32 Å². The molecule has 0 unspecified atom stereocenters. The molecule has 0 saturated heterocycles. The fraction of sp³-hybridized carbons (Fsp3) is 0.800. The first-order valence-corrected chi connectivity index (χ1v) is 5.25. The quantitative estimate of drug-likeness (QED) is 0.765. The van der Waals surface area contributed by atoms with Crippen LogP contribution in [0.25, 0.3) is 0 Å². The van der Waals surface area contributed by atoms with E-state index < -0.39 is 36.4 Å². The Labute approximate surface area is 103 Å². The van der Waals surface area contributed by atoms with Gasteiger partial charge in [-0.3, -0.25) is 0 Å². The van der Waals surface area contributed by atoms with E-state index in [4.69, 9.17) is 4.74 Å². The van der Waals surface area contributed by atoms with Crippen LogP contribution in [0.5, 0.6) is 0 Å². The molecule has 1 atom stereocenters. The Bertz CT molecular complexity index is 310. The lowest BCUT2D eigenvalue weighted by molar-refractivity contribution is -0.156. The molecule has 0 rings (SSSR count). The summed E-state index contributed by atoms with van der Waals surface area (Å²) in [6, 6.07) is -2.11. The van der Waals surface area contributed by atoms with Crippen LogP contribution in [-0.4, -0.2) is 36.4 Å². The predicted octanol–water partition coefficient (Wildman–Crippen LogP) is 1.58. The van der Waals surface area contributed by atoms with Crippen LogP contribution in [0.4, 0.5) is 18.0 Å². The number of amides is 2. The Balaban J connectivity index is 4.12. The number of ether oxygens (including phenoxy) is 1. The number of urea groups is 1. The Hall–Kier alpha value is -1.47. The molecular weight excluding hydrogens is 253 g/mol. The Morgan fingerprint density at radius 2 is 1.72 bits per heavy atom. The van der Waals surface area contributed by atoms with Gasteiger partial charge in [-0.05, 0) is 27.7 Å². The van der Waals surface area contributed by atoms with Crippen LogP contribution < -0.4 is 10.6 Å². The maximum Gasteiger partial charge on any atom is 0.405 e. The molecule has 0 aliphatic heterocycles.